The Bertz CT molecular complexity index is 1290. The molecule has 152 valence electrons. The van der Waals surface area contributed by atoms with Crippen LogP contribution in [0.25, 0.3) is 27.2 Å². The van der Waals surface area contributed by atoms with Crippen molar-refractivity contribution in [1.29, 1.82) is 0 Å². The summed E-state index contributed by atoms with van der Waals surface area (Å²) in [5.41, 5.74) is 0.307. The maximum atomic E-state index is 13.7. The zero-order chi connectivity index (χ0) is 21.5. The topological polar surface area (TPSA) is 61.1 Å². The smallest absolute Gasteiger partial charge is 0.408 e. The fourth-order valence-electron chi connectivity index (χ4n) is 3.35. The van der Waals surface area contributed by atoms with Crippen molar-refractivity contribution >= 4 is 32.5 Å². The van der Waals surface area contributed by atoms with Crippen LogP contribution in [-0.2, 0) is 19.1 Å². The lowest BCUT2D eigenvalue weighted by Gasteiger charge is -2.11. The van der Waals surface area contributed by atoms with Crippen molar-refractivity contribution in [3.8, 4) is 11.5 Å². The Morgan fingerprint density at radius 1 is 1.20 bits per heavy atom. The average molecular weight is 476 g/mol. The first-order valence-electron chi connectivity index (χ1n) is 8.85. The molecule has 4 aromatic rings. The van der Waals surface area contributed by atoms with Gasteiger partial charge in [-0.05, 0) is 40.5 Å². The van der Waals surface area contributed by atoms with E-state index in [1.54, 1.807) is 23.0 Å². The first kappa shape index (κ1) is 20.1. The van der Waals surface area contributed by atoms with E-state index in [4.69, 9.17) is 11.0 Å². The van der Waals surface area contributed by atoms with Gasteiger partial charge in [0.25, 0.3) is 0 Å². The lowest BCUT2D eigenvalue weighted by atomic mass is 10.1. The largest absolute Gasteiger partial charge is 0.419 e. The minimum atomic E-state index is -4.64. The molecule has 3 heterocycles. The number of pyridine rings is 1. The maximum absolute atomic E-state index is 13.7. The lowest BCUT2D eigenvalue weighted by molar-refractivity contribution is -0.135. The van der Waals surface area contributed by atoms with Gasteiger partial charge in [-0.3, -0.25) is 4.98 Å². The molecule has 0 spiro atoms. The van der Waals surface area contributed by atoms with Crippen LogP contribution in [0.15, 0.2) is 45.5 Å². The number of aromatic nitrogens is 4. The average Bonchev–Trinajstić information content (AvgIpc) is 3.31. The fraction of sp³-hybridized carbons (Fsp3) is 0.200. The summed E-state index contributed by atoms with van der Waals surface area (Å²) in [6, 6.07) is 5.96. The van der Waals surface area contributed by atoms with Crippen LogP contribution in [0.1, 0.15) is 24.1 Å². The SMILES string of the molecule is [C-]#[N+]c1ccc2c(cc(CC)n2Cc2nnc(-c3cncc(Br)c3)o2)c1C(F)(F)F. The minimum Gasteiger partial charge on any atom is -0.419 e. The summed E-state index contributed by atoms with van der Waals surface area (Å²) in [6.07, 6.45) is -0.945. The highest BCUT2D eigenvalue weighted by Gasteiger charge is 2.36. The summed E-state index contributed by atoms with van der Waals surface area (Å²) in [6.45, 7) is 9.05. The van der Waals surface area contributed by atoms with Crippen molar-refractivity contribution in [1.82, 2.24) is 19.7 Å². The first-order chi connectivity index (χ1) is 14.3. The van der Waals surface area contributed by atoms with Gasteiger partial charge < -0.3 is 8.98 Å². The minimum absolute atomic E-state index is 0.0104. The van der Waals surface area contributed by atoms with Crippen molar-refractivity contribution in [2.45, 2.75) is 26.1 Å². The second kappa shape index (κ2) is 7.57. The van der Waals surface area contributed by atoms with E-state index in [2.05, 4.69) is 36.0 Å². The summed E-state index contributed by atoms with van der Waals surface area (Å²) in [4.78, 5) is 7.10. The van der Waals surface area contributed by atoms with Crippen molar-refractivity contribution in [3.05, 3.63) is 69.7 Å². The van der Waals surface area contributed by atoms with Gasteiger partial charge in [0, 0.05) is 33.5 Å². The van der Waals surface area contributed by atoms with E-state index in [-0.39, 0.29) is 23.7 Å². The quantitative estimate of drug-likeness (QED) is 0.338. The Hall–Kier alpha value is -3.19. The Morgan fingerprint density at radius 3 is 2.67 bits per heavy atom. The third kappa shape index (κ3) is 3.57. The number of benzene rings is 1. The molecule has 0 atom stereocenters. The standard InChI is InChI=1S/C20H13BrF3N5O/c1-3-13-7-14-16(5-4-15(25-2)18(14)20(22,23)24)29(13)10-17-27-28-19(30-17)11-6-12(21)9-26-8-11/h4-9H,3,10H2,1H3. The third-order valence-electron chi connectivity index (χ3n) is 4.63. The van der Waals surface area contributed by atoms with E-state index in [9.17, 15) is 13.2 Å². The van der Waals surface area contributed by atoms with Crippen LogP contribution in [0.5, 0.6) is 0 Å². The number of nitrogens with zero attached hydrogens (tertiary/aromatic N) is 5. The molecular formula is C20H13BrF3N5O. The van der Waals surface area contributed by atoms with Crippen molar-refractivity contribution in [3.63, 3.8) is 0 Å². The number of aryl methyl sites for hydroxylation is 1. The van der Waals surface area contributed by atoms with Gasteiger partial charge in [0.15, 0.2) is 5.69 Å². The molecule has 30 heavy (non-hydrogen) atoms. The summed E-state index contributed by atoms with van der Waals surface area (Å²) >= 11 is 3.33. The molecule has 1 aromatic carbocycles. The monoisotopic (exact) mass is 475 g/mol. The highest BCUT2D eigenvalue weighted by atomic mass is 79.9. The Kier molecular flexibility index (Phi) is 5.07. The van der Waals surface area contributed by atoms with E-state index >= 15 is 0 Å². The van der Waals surface area contributed by atoms with Crippen molar-refractivity contribution < 1.29 is 17.6 Å². The van der Waals surface area contributed by atoms with Crippen molar-refractivity contribution in [2.24, 2.45) is 0 Å². The molecular weight excluding hydrogens is 463 g/mol. The van der Waals surface area contributed by atoms with Crippen LogP contribution < -0.4 is 0 Å². The van der Waals surface area contributed by atoms with Gasteiger partial charge in [0.2, 0.25) is 11.8 Å². The van der Waals surface area contributed by atoms with E-state index in [0.717, 1.165) is 4.47 Å². The number of hydrogen-bond acceptors (Lipinski definition) is 4. The highest BCUT2D eigenvalue weighted by molar-refractivity contribution is 9.10. The molecule has 0 aliphatic carbocycles. The maximum Gasteiger partial charge on any atom is 0.408 e. The van der Waals surface area contributed by atoms with Gasteiger partial charge in [0.1, 0.15) is 6.54 Å². The summed E-state index contributed by atoms with van der Waals surface area (Å²) in [7, 11) is 0. The normalized spacial score (nSPS) is 11.7. The summed E-state index contributed by atoms with van der Waals surface area (Å²) < 4.78 is 49.1. The van der Waals surface area contributed by atoms with Gasteiger partial charge in [0.05, 0.1) is 17.7 Å². The van der Waals surface area contributed by atoms with Crippen LogP contribution in [0.4, 0.5) is 18.9 Å². The molecule has 4 rings (SSSR count). The predicted octanol–water partition coefficient (Wildman–Crippen LogP) is 6.03. The first-order valence-corrected chi connectivity index (χ1v) is 9.64. The molecule has 0 saturated heterocycles. The molecule has 0 unspecified atom stereocenters. The number of alkyl halides is 3. The third-order valence-corrected chi connectivity index (χ3v) is 5.06. The second-order valence-electron chi connectivity index (χ2n) is 6.47. The van der Waals surface area contributed by atoms with E-state index in [0.29, 0.717) is 23.2 Å². The fourth-order valence-corrected chi connectivity index (χ4v) is 3.71. The molecule has 0 aliphatic rings. The van der Waals surface area contributed by atoms with Crippen LogP contribution >= 0.6 is 15.9 Å². The lowest BCUT2D eigenvalue weighted by Crippen LogP contribution is -2.07. The van der Waals surface area contributed by atoms with Crippen LogP contribution in [0.3, 0.4) is 0 Å². The molecule has 0 saturated carbocycles. The van der Waals surface area contributed by atoms with Crippen LogP contribution in [-0.4, -0.2) is 19.7 Å². The zero-order valence-corrected chi connectivity index (χ0v) is 17.1. The Balaban J connectivity index is 1.80. The molecule has 0 aliphatic heterocycles. The van der Waals surface area contributed by atoms with E-state index < -0.39 is 17.4 Å². The summed E-state index contributed by atoms with van der Waals surface area (Å²) in [5, 5.41) is 8.04. The van der Waals surface area contributed by atoms with Gasteiger partial charge in [-0.25, -0.2) is 4.85 Å². The van der Waals surface area contributed by atoms with Gasteiger partial charge in [-0.15, -0.1) is 10.2 Å². The summed E-state index contributed by atoms with van der Waals surface area (Å²) in [5.74, 6) is 0.513. The molecule has 6 nitrogen and oxygen atoms in total. The van der Waals surface area contributed by atoms with E-state index in [1.807, 2.05) is 6.92 Å². The molecule has 0 amide bonds. The highest BCUT2D eigenvalue weighted by Crippen LogP contribution is 2.42. The van der Waals surface area contributed by atoms with E-state index in [1.165, 1.54) is 18.2 Å². The van der Waals surface area contributed by atoms with Crippen LogP contribution in [0.2, 0.25) is 0 Å². The van der Waals surface area contributed by atoms with Gasteiger partial charge in [-0.1, -0.05) is 13.0 Å². The van der Waals surface area contributed by atoms with Crippen LogP contribution in [0, 0.1) is 6.57 Å². The van der Waals surface area contributed by atoms with Gasteiger partial charge >= 0.3 is 6.18 Å². The number of halogens is 4. The molecule has 0 radical (unpaired) electrons. The Morgan fingerprint density at radius 2 is 2.00 bits per heavy atom. The molecule has 3 aromatic heterocycles. The predicted molar refractivity (Wildman–Crippen MR) is 107 cm³/mol. The molecule has 10 heteroatoms. The molecule has 0 bridgehead atoms. The Labute approximate surface area is 177 Å². The second-order valence-corrected chi connectivity index (χ2v) is 7.39. The number of hydrogen-bond donors (Lipinski definition) is 0. The number of fused-ring (bicyclic) bond motifs is 1. The van der Waals surface area contributed by atoms with Crippen molar-refractivity contribution in [2.75, 3.05) is 0 Å². The zero-order valence-electron chi connectivity index (χ0n) is 15.5. The van der Waals surface area contributed by atoms with Gasteiger partial charge in [-0.2, -0.15) is 13.2 Å². The molecule has 0 fully saturated rings. The number of rotatable bonds is 4. The molecule has 0 N–H and O–H groups in total.